The van der Waals surface area contributed by atoms with E-state index in [-0.39, 0.29) is 11.8 Å². The molecule has 0 bridgehead atoms. The van der Waals surface area contributed by atoms with Crippen LogP contribution in [0.3, 0.4) is 0 Å². The van der Waals surface area contributed by atoms with Crippen LogP contribution in [-0.4, -0.2) is 38.8 Å². The van der Waals surface area contributed by atoms with Crippen LogP contribution in [0.5, 0.6) is 0 Å². The second-order valence-electron chi connectivity index (χ2n) is 7.04. The van der Waals surface area contributed by atoms with Crippen molar-refractivity contribution >= 4 is 16.8 Å². The average Bonchev–Trinajstić information content (AvgIpc) is 2.67. The maximum atomic E-state index is 13.1. The first kappa shape index (κ1) is 19.0. The highest BCUT2D eigenvalue weighted by Gasteiger charge is 2.18. The first-order chi connectivity index (χ1) is 12.9. The molecule has 0 aliphatic carbocycles. The lowest BCUT2D eigenvalue weighted by Gasteiger charge is -2.20. The van der Waals surface area contributed by atoms with Crippen molar-refractivity contribution in [3.63, 3.8) is 0 Å². The lowest BCUT2D eigenvalue weighted by Crippen LogP contribution is -2.30. The molecule has 5 nitrogen and oxygen atoms in total. The van der Waals surface area contributed by atoms with E-state index in [1.807, 2.05) is 49.9 Å². The van der Waals surface area contributed by atoms with Gasteiger partial charge in [-0.05, 0) is 38.5 Å². The highest BCUT2D eigenvalue weighted by atomic mass is 16.2. The third kappa shape index (κ3) is 3.82. The molecule has 0 aliphatic rings. The van der Waals surface area contributed by atoms with Crippen LogP contribution in [-0.2, 0) is 0 Å². The van der Waals surface area contributed by atoms with Gasteiger partial charge in [0.05, 0.1) is 16.8 Å². The van der Waals surface area contributed by atoms with E-state index >= 15 is 0 Å². The van der Waals surface area contributed by atoms with E-state index in [2.05, 4.69) is 23.8 Å². The van der Waals surface area contributed by atoms with Gasteiger partial charge in [0.25, 0.3) is 5.91 Å². The number of nitrogens with zero attached hydrogens (tertiary/aromatic N) is 4. The number of aryl methyl sites for hydroxylation is 1. The molecule has 5 heteroatoms. The number of hydrogen-bond donors (Lipinski definition) is 0. The summed E-state index contributed by atoms with van der Waals surface area (Å²) in [5, 5.41) is 0.876. The van der Waals surface area contributed by atoms with Crippen molar-refractivity contribution in [2.45, 2.75) is 40.5 Å². The molecule has 1 aromatic carbocycles. The topological polar surface area (TPSA) is 59.0 Å². The van der Waals surface area contributed by atoms with E-state index < -0.39 is 0 Å². The van der Waals surface area contributed by atoms with Crippen LogP contribution in [0.15, 0.2) is 36.7 Å². The van der Waals surface area contributed by atoms with Gasteiger partial charge in [-0.3, -0.25) is 4.79 Å². The summed E-state index contributed by atoms with van der Waals surface area (Å²) in [6, 6.07) is 7.88. The minimum Gasteiger partial charge on any atom is -0.339 e. The third-order valence-corrected chi connectivity index (χ3v) is 4.73. The SMILES string of the molecule is CCN(CC)C(=O)c1cc(-c2cnc(C(C)C)nc2)nc2cc(C)ccc12. The third-order valence-electron chi connectivity index (χ3n) is 4.73. The molecule has 0 radical (unpaired) electrons. The average molecular weight is 362 g/mol. The first-order valence-electron chi connectivity index (χ1n) is 9.47. The van der Waals surface area contributed by atoms with Gasteiger partial charge in [-0.1, -0.05) is 26.0 Å². The Hall–Kier alpha value is -2.82. The highest BCUT2D eigenvalue weighted by Crippen LogP contribution is 2.26. The fourth-order valence-corrected chi connectivity index (χ4v) is 3.11. The molecular formula is C22H26N4O. The van der Waals surface area contributed by atoms with Crippen molar-refractivity contribution in [2.75, 3.05) is 13.1 Å². The van der Waals surface area contributed by atoms with E-state index in [1.165, 1.54) is 0 Å². The lowest BCUT2D eigenvalue weighted by molar-refractivity contribution is 0.0775. The maximum Gasteiger partial charge on any atom is 0.254 e. The molecule has 0 fully saturated rings. The molecule has 0 spiro atoms. The summed E-state index contributed by atoms with van der Waals surface area (Å²) < 4.78 is 0. The zero-order chi connectivity index (χ0) is 19.6. The number of pyridine rings is 1. The number of benzene rings is 1. The van der Waals surface area contributed by atoms with E-state index in [9.17, 15) is 4.79 Å². The Morgan fingerprint density at radius 3 is 2.33 bits per heavy atom. The quantitative estimate of drug-likeness (QED) is 0.665. The number of carbonyl (C=O) groups excluding carboxylic acids is 1. The van der Waals surface area contributed by atoms with Crippen LogP contribution in [0.4, 0.5) is 0 Å². The Morgan fingerprint density at radius 2 is 1.74 bits per heavy atom. The minimum atomic E-state index is 0.0252. The second kappa shape index (κ2) is 7.82. The summed E-state index contributed by atoms with van der Waals surface area (Å²) in [5.41, 5.74) is 4.14. The molecule has 3 aromatic rings. The molecule has 0 aliphatic heterocycles. The molecule has 140 valence electrons. The van der Waals surface area contributed by atoms with Gasteiger partial charge in [-0.2, -0.15) is 0 Å². The van der Waals surface area contributed by atoms with Crippen LogP contribution >= 0.6 is 0 Å². The van der Waals surface area contributed by atoms with Gasteiger partial charge < -0.3 is 4.90 Å². The molecule has 3 rings (SSSR count). The van der Waals surface area contributed by atoms with Gasteiger partial charge in [0, 0.05) is 42.4 Å². The smallest absolute Gasteiger partial charge is 0.254 e. The summed E-state index contributed by atoms with van der Waals surface area (Å²) in [6.45, 7) is 11.5. The predicted molar refractivity (Wildman–Crippen MR) is 109 cm³/mol. The standard InChI is InChI=1S/C22H26N4O/c1-6-26(7-2)22(27)18-11-19(16-12-23-21(14(3)4)24-13-16)25-20-10-15(5)8-9-17(18)20/h8-14H,6-7H2,1-5H3. The van der Waals surface area contributed by atoms with Gasteiger partial charge >= 0.3 is 0 Å². The largest absolute Gasteiger partial charge is 0.339 e. The number of hydrogen-bond acceptors (Lipinski definition) is 4. The molecule has 0 atom stereocenters. The zero-order valence-corrected chi connectivity index (χ0v) is 16.7. The van der Waals surface area contributed by atoms with Gasteiger partial charge in [0.2, 0.25) is 0 Å². The molecule has 2 heterocycles. The van der Waals surface area contributed by atoms with Crippen molar-refractivity contribution in [3.05, 3.63) is 53.6 Å². The van der Waals surface area contributed by atoms with Gasteiger partial charge in [0.15, 0.2) is 0 Å². The zero-order valence-electron chi connectivity index (χ0n) is 16.7. The Kier molecular flexibility index (Phi) is 5.49. The second-order valence-corrected chi connectivity index (χ2v) is 7.04. The van der Waals surface area contributed by atoms with Crippen molar-refractivity contribution in [2.24, 2.45) is 0 Å². The monoisotopic (exact) mass is 362 g/mol. The fraction of sp³-hybridized carbons (Fsp3) is 0.364. The minimum absolute atomic E-state index is 0.0252. The van der Waals surface area contributed by atoms with Crippen LogP contribution in [0.2, 0.25) is 0 Å². The van der Waals surface area contributed by atoms with E-state index in [0.717, 1.165) is 33.5 Å². The molecule has 0 N–H and O–H groups in total. The van der Waals surface area contributed by atoms with Gasteiger partial charge in [0.1, 0.15) is 5.82 Å². The summed E-state index contributed by atoms with van der Waals surface area (Å²) in [4.78, 5) is 28.6. The van der Waals surface area contributed by atoms with Crippen LogP contribution < -0.4 is 0 Å². The molecular weight excluding hydrogens is 336 g/mol. The summed E-state index contributed by atoms with van der Waals surface area (Å²) in [7, 11) is 0. The number of rotatable bonds is 5. The van der Waals surface area contributed by atoms with Crippen molar-refractivity contribution in [3.8, 4) is 11.3 Å². The van der Waals surface area contributed by atoms with E-state index in [4.69, 9.17) is 4.98 Å². The highest BCUT2D eigenvalue weighted by molar-refractivity contribution is 6.07. The number of amides is 1. The number of aromatic nitrogens is 3. The molecule has 2 aromatic heterocycles. The first-order valence-corrected chi connectivity index (χ1v) is 9.47. The van der Waals surface area contributed by atoms with Crippen LogP contribution in [0.25, 0.3) is 22.2 Å². The molecule has 0 unspecified atom stereocenters. The normalized spacial score (nSPS) is 11.2. The Balaban J connectivity index is 2.18. The number of fused-ring (bicyclic) bond motifs is 1. The summed E-state index contributed by atoms with van der Waals surface area (Å²) in [6.07, 6.45) is 3.58. The lowest BCUT2D eigenvalue weighted by atomic mass is 10.0. The molecule has 1 amide bonds. The Bertz CT molecular complexity index is 960. The summed E-state index contributed by atoms with van der Waals surface area (Å²) in [5.74, 6) is 1.10. The Morgan fingerprint density at radius 1 is 1.07 bits per heavy atom. The molecule has 0 saturated heterocycles. The Labute approximate surface area is 160 Å². The van der Waals surface area contributed by atoms with Gasteiger partial charge in [-0.15, -0.1) is 0 Å². The maximum absolute atomic E-state index is 13.1. The fourth-order valence-electron chi connectivity index (χ4n) is 3.11. The van der Waals surface area contributed by atoms with E-state index in [1.54, 1.807) is 12.4 Å². The van der Waals surface area contributed by atoms with Crippen molar-refractivity contribution in [1.82, 2.24) is 19.9 Å². The van der Waals surface area contributed by atoms with Gasteiger partial charge in [-0.25, -0.2) is 15.0 Å². The molecule has 27 heavy (non-hydrogen) atoms. The van der Waals surface area contributed by atoms with Crippen molar-refractivity contribution < 1.29 is 4.79 Å². The van der Waals surface area contributed by atoms with E-state index in [0.29, 0.717) is 18.7 Å². The summed E-state index contributed by atoms with van der Waals surface area (Å²) >= 11 is 0. The molecule has 0 saturated carbocycles. The van der Waals surface area contributed by atoms with Crippen LogP contribution in [0.1, 0.15) is 55.4 Å². The predicted octanol–water partition coefficient (Wildman–Crippen LogP) is 4.61. The van der Waals surface area contributed by atoms with Crippen molar-refractivity contribution in [1.29, 1.82) is 0 Å². The number of carbonyl (C=O) groups is 1. The van der Waals surface area contributed by atoms with Crippen LogP contribution in [0, 0.1) is 6.92 Å².